The summed E-state index contributed by atoms with van der Waals surface area (Å²) >= 11 is 0. The van der Waals surface area contributed by atoms with Crippen molar-refractivity contribution in [3.8, 4) is 11.5 Å². The van der Waals surface area contributed by atoms with Crippen LogP contribution in [0.4, 0.5) is 4.39 Å². The summed E-state index contributed by atoms with van der Waals surface area (Å²) in [5.41, 5.74) is 5.38. The monoisotopic (exact) mass is 213 g/mol. The maximum Gasteiger partial charge on any atom is 0.195 e. The Morgan fingerprint density at radius 2 is 2.27 bits per heavy atom. The fourth-order valence-electron chi connectivity index (χ4n) is 1.33. The van der Waals surface area contributed by atoms with Crippen molar-refractivity contribution in [2.24, 2.45) is 5.73 Å². The van der Waals surface area contributed by atoms with Crippen molar-refractivity contribution in [3.63, 3.8) is 0 Å². The van der Waals surface area contributed by atoms with Crippen molar-refractivity contribution in [1.29, 1.82) is 0 Å². The van der Waals surface area contributed by atoms with E-state index in [1.807, 2.05) is 0 Å². The van der Waals surface area contributed by atoms with Gasteiger partial charge in [-0.1, -0.05) is 0 Å². The van der Waals surface area contributed by atoms with Gasteiger partial charge in [0, 0.05) is 0 Å². The number of nitrogens with two attached hydrogens (primary N) is 1. The lowest BCUT2D eigenvalue weighted by Gasteiger charge is -2.10. The van der Waals surface area contributed by atoms with E-state index in [0.29, 0.717) is 5.56 Å². The summed E-state index contributed by atoms with van der Waals surface area (Å²) in [7, 11) is 1.31. The van der Waals surface area contributed by atoms with Crippen LogP contribution in [0.15, 0.2) is 6.07 Å². The summed E-state index contributed by atoms with van der Waals surface area (Å²) in [5.74, 6) is -2.18. The van der Waals surface area contributed by atoms with Crippen LogP contribution in [0.3, 0.4) is 0 Å². The molecule has 0 aliphatic carbocycles. The molecule has 5 heteroatoms. The highest BCUT2D eigenvalue weighted by atomic mass is 19.1. The Bertz CT molecular complexity index is 404. The van der Waals surface area contributed by atoms with Gasteiger partial charge in [0.1, 0.15) is 0 Å². The number of carbonyl (C=O) groups excluding carboxylic acids is 1. The molecule has 3 N–H and O–H groups in total. The summed E-state index contributed by atoms with van der Waals surface area (Å²) in [6.45, 7) is 1.30. The van der Waals surface area contributed by atoms with E-state index in [9.17, 15) is 14.3 Å². The van der Waals surface area contributed by atoms with Crippen molar-refractivity contribution < 1.29 is 19.0 Å². The van der Waals surface area contributed by atoms with Crippen LogP contribution in [0.1, 0.15) is 15.9 Å². The first-order valence-corrected chi connectivity index (χ1v) is 4.32. The Morgan fingerprint density at radius 3 is 2.73 bits per heavy atom. The minimum atomic E-state index is -0.993. The quantitative estimate of drug-likeness (QED) is 0.734. The molecule has 0 amide bonds. The largest absolute Gasteiger partial charge is 0.502 e. The van der Waals surface area contributed by atoms with E-state index in [1.165, 1.54) is 13.2 Å². The Kier molecular flexibility index (Phi) is 3.26. The number of hydrogen-bond donors (Lipinski definition) is 2. The molecule has 0 radical (unpaired) electrons. The molecule has 0 aromatic heterocycles. The number of Topliss-reactive ketones (excluding diaryl/α,β-unsaturated/α-hetero) is 1. The van der Waals surface area contributed by atoms with Gasteiger partial charge in [-0.25, -0.2) is 4.39 Å². The molecule has 0 aliphatic rings. The molecule has 1 aromatic rings. The molecule has 0 spiro atoms. The average molecular weight is 213 g/mol. The molecule has 0 aliphatic heterocycles. The first-order valence-electron chi connectivity index (χ1n) is 4.32. The van der Waals surface area contributed by atoms with Gasteiger partial charge >= 0.3 is 0 Å². The van der Waals surface area contributed by atoms with E-state index in [-0.39, 0.29) is 17.9 Å². The van der Waals surface area contributed by atoms with Gasteiger partial charge in [-0.3, -0.25) is 4.79 Å². The van der Waals surface area contributed by atoms with Crippen LogP contribution in [-0.4, -0.2) is 24.5 Å². The molecule has 0 saturated carbocycles. The number of phenolic OH excluding ortho intramolecular Hbond substituents is 1. The number of ether oxygens (including phenoxy) is 1. The summed E-state index contributed by atoms with van der Waals surface area (Å²) in [6.07, 6.45) is 0. The molecule has 1 aromatic carbocycles. The first kappa shape index (κ1) is 11.5. The van der Waals surface area contributed by atoms with Gasteiger partial charge < -0.3 is 15.6 Å². The minimum absolute atomic E-state index is 0.0288. The Hall–Kier alpha value is -1.62. The predicted molar refractivity (Wildman–Crippen MR) is 52.7 cm³/mol. The molecule has 1 rings (SSSR count). The number of rotatable bonds is 3. The summed E-state index contributed by atoms with van der Waals surface area (Å²) in [5, 5.41) is 9.41. The second kappa shape index (κ2) is 4.27. The van der Waals surface area contributed by atoms with Crippen molar-refractivity contribution in [3.05, 3.63) is 23.0 Å². The van der Waals surface area contributed by atoms with E-state index in [2.05, 4.69) is 0 Å². The van der Waals surface area contributed by atoms with Crippen LogP contribution in [0.25, 0.3) is 0 Å². The van der Waals surface area contributed by atoms with Crippen LogP contribution < -0.4 is 10.5 Å². The average Bonchev–Trinajstić information content (AvgIpc) is 2.23. The smallest absolute Gasteiger partial charge is 0.195 e. The van der Waals surface area contributed by atoms with Crippen LogP contribution in [0, 0.1) is 12.7 Å². The van der Waals surface area contributed by atoms with Crippen molar-refractivity contribution >= 4 is 5.78 Å². The third kappa shape index (κ3) is 1.92. The zero-order valence-corrected chi connectivity index (χ0v) is 8.50. The maximum atomic E-state index is 13.5. The van der Waals surface area contributed by atoms with Gasteiger partial charge in [-0.15, -0.1) is 0 Å². The van der Waals surface area contributed by atoms with Crippen LogP contribution in [0.5, 0.6) is 11.5 Å². The number of hydrogen-bond acceptors (Lipinski definition) is 4. The Morgan fingerprint density at radius 1 is 1.67 bits per heavy atom. The van der Waals surface area contributed by atoms with Crippen molar-refractivity contribution in [1.82, 2.24) is 0 Å². The minimum Gasteiger partial charge on any atom is -0.502 e. The second-order valence-electron chi connectivity index (χ2n) is 3.06. The molecule has 4 nitrogen and oxygen atoms in total. The third-order valence-corrected chi connectivity index (χ3v) is 2.07. The molecule has 0 atom stereocenters. The lowest BCUT2D eigenvalue weighted by molar-refractivity contribution is 0.0996. The second-order valence-corrected chi connectivity index (χ2v) is 3.06. The van der Waals surface area contributed by atoms with Gasteiger partial charge in [0.2, 0.25) is 0 Å². The molecular formula is C10H12FNO3. The molecule has 0 unspecified atom stereocenters. The number of halogens is 1. The number of methoxy groups -OCH3 is 1. The highest BCUT2D eigenvalue weighted by molar-refractivity contribution is 5.98. The molecule has 0 saturated heterocycles. The van der Waals surface area contributed by atoms with Crippen LogP contribution >= 0.6 is 0 Å². The molecule has 0 fully saturated rings. The topological polar surface area (TPSA) is 72.5 Å². The maximum absolute atomic E-state index is 13.5. The Balaban J connectivity index is 3.40. The number of ketones is 1. The predicted octanol–water partition coefficient (Wildman–Crippen LogP) is 0.990. The third-order valence-electron chi connectivity index (χ3n) is 2.07. The zero-order valence-electron chi connectivity index (χ0n) is 8.50. The van der Waals surface area contributed by atoms with Gasteiger partial charge in [0.25, 0.3) is 0 Å². The summed E-state index contributed by atoms with van der Waals surface area (Å²) < 4.78 is 18.3. The van der Waals surface area contributed by atoms with E-state index in [0.717, 1.165) is 0 Å². The molecule has 15 heavy (non-hydrogen) atoms. The molecule has 0 heterocycles. The lowest BCUT2D eigenvalue weighted by atomic mass is 10.1. The number of aryl methyl sites for hydroxylation is 1. The SMILES string of the molecule is COc1c(C)cc(C(=O)CN)c(F)c1O. The highest BCUT2D eigenvalue weighted by Gasteiger charge is 2.19. The number of carbonyl (C=O) groups is 1. The zero-order chi connectivity index (χ0) is 11.6. The van der Waals surface area contributed by atoms with Crippen LogP contribution in [0.2, 0.25) is 0 Å². The molecule has 82 valence electrons. The number of benzene rings is 1. The summed E-state index contributed by atoms with van der Waals surface area (Å²) in [6, 6.07) is 1.31. The molecular weight excluding hydrogens is 201 g/mol. The standard InChI is InChI=1S/C10H12FNO3/c1-5-3-6(7(13)4-12)8(11)9(14)10(5)15-2/h3,14H,4,12H2,1-2H3. The van der Waals surface area contributed by atoms with Gasteiger partial charge in [0.05, 0.1) is 19.2 Å². The van der Waals surface area contributed by atoms with Gasteiger partial charge in [0.15, 0.2) is 23.1 Å². The molecule has 0 bridgehead atoms. The first-order chi connectivity index (χ1) is 7.02. The van der Waals surface area contributed by atoms with E-state index >= 15 is 0 Å². The normalized spacial score (nSPS) is 10.1. The number of aromatic hydroxyl groups is 1. The van der Waals surface area contributed by atoms with E-state index in [1.54, 1.807) is 6.92 Å². The fraction of sp³-hybridized carbons (Fsp3) is 0.300. The van der Waals surface area contributed by atoms with Crippen LogP contribution in [-0.2, 0) is 0 Å². The Labute approximate surface area is 86.5 Å². The lowest BCUT2D eigenvalue weighted by Crippen LogP contribution is -2.15. The van der Waals surface area contributed by atoms with Gasteiger partial charge in [-0.05, 0) is 18.6 Å². The van der Waals surface area contributed by atoms with Crippen molar-refractivity contribution in [2.75, 3.05) is 13.7 Å². The van der Waals surface area contributed by atoms with E-state index in [4.69, 9.17) is 10.5 Å². The van der Waals surface area contributed by atoms with Gasteiger partial charge in [-0.2, -0.15) is 0 Å². The fourth-order valence-corrected chi connectivity index (χ4v) is 1.33. The highest BCUT2D eigenvalue weighted by Crippen LogP contribution is 2.34. The van der Waals surface area contributed by atoms with E-state index < -0.39 is 17.3 Å². The number of phenols is 1. The summed E-state index contributed by atoms with van der Waals surface area (Å²) in [4.78, 5) is 11.2. The van der Waals surface area contributed by atoms with Crippen molar-refractivity contribution in [2.45, 2.75) is 6.92 Å².